The van der Waals surface area contributed by atoms with E-state index in [1.165, 1.54) is 0 Å². The van der Waals surface area contributed by atoms with Gasteiger partial charge in [-0.1, -0.05) is 32.4 Å². The summed E-state index contributed by atoms with van der Waals surface area (Å²) in [5.41, 5.74) is 0.859. The van der Waals surface area contributed by atoms with E-state index in [1.807, 2.05) is 20.8 Å². The summed E-state index contributed by atoms with van der Waals surface area (Å²) in [5.74, 6) is 1.76. The van der Waals surface area contributed by atoms with Gasteiger partial charge in [-0.15, -0.1) is 0 Å². The molecule has 0 spiro atoms. The fourth-order valence-corrected chi connectivity index (χ4v) is 1.81. The Morgan fingerprint density at radius 2 is 2.00 bits per heavy atom. The van der Waals surface area contributed by atoms with Gasteiger partial charge in [-0.05, 0) is 19.8 Å². The van der Waals surface area contributed by atoms with Crippen LogP contribution in [0.2, 0.25) is 5.15 Å². The van der Waals surface area contributed by atoms with E-state index in [-0.39, 0.29) is 18.6 Å². The van der Waals surface area contributed by atoms with E-state index in [0.29, 0.717) is 11.6 Å². The van der Waals surface area contributed by atoms with E-state index in [1.54, 1.807) is 0 Å². The summed E-state index contributed by atoms with van der Waals surface area (Å²) in [4.78, 5) is 8.79. The Labute approximate surface area is 114 Å². The van der Waals surface area contributed by atoms with Gasteiger partial charge in [0, 0.05) is 24.1 Å². The zero-order chi connectivity index (χ0) is 13.7. The molecule has 0 aromatic carbocycles. The molecule has 1 aromatic rings. The molecule has 102 valence electrons. The largest absolute Gasteiger partial charge is 0.396 e. The predicted molar refractivity (Wildman–Crippen MR) is 75.3 cm³/mol. The number of rotatable bonds is 6. The molecular formula is C13H22ClN3O. The summed E-state index contributed by atoms with van der Waals surface area (Å²) in [7, 11) is 0. The highest BCUT2D eigenvalue weighted by Crippen LogP contribution is 2.24. The standard InChI is InChI=1S/C13H22ClN3O/c1-5-10(6-7-18)15-13-9(4)11(14)16-12(17-13)8(2)3/h8,10,18H,5-7H2,1-4H3,(H,15,16,17). The number of hydrogen-bond acceptors (Lipinski definition) is 4. The Bertz CT molecular complexity index is 396. The number of anilines is 1. The molecule has 0 saturated heterocycles. The van der Waals surface area contributed by atoms with E-state index in [2.05, 4.69) is 22.2 Å². The van der Waals surface area contributed by atoms with Crippen LogP contribution in [-0.2, 0) is 0 Å². The Kier molecular flexibility index (Phi) is 5.82. The molecule has 0 saturated carbocycles. The van der Waals surface area contributed by atoms with Crippen LogP contribution in [0.1, 0.15) is 50.9 Å². The number of halogens is 1. The Morgan fingerprint density at radius 1 is 1.33 bits per heavy atom. The summed E-state index contributed by atoms with van der Waals surface area (Å²) in [6.07, 6.45) is 1.63. The fraction of sp³-hybridized carbons (Fsp3) is 0.692. The molecule has 1 unspecified atom stereocenters. The molecule has 1 heterocycles. The van der Waals surface area contributed by atoms with Crippen molar-refractivity contribution in [2.24, 2.45) is 0 Å². The van der Waals surface area contributed by atoms with Crippen LogP contribution in [0, 0.1) is 6.92 Å². The van der Waals surface area contributed by atoms with Gasteiger partial charge in [0.1, 0.15) is 16.8 Å². The molecule has 0 aliphatic carbocycles. The van der Waals surface area contributed by atoms with Crippen molar-refractivity contribution in [1.82, 2.24) is 9.97 Å². The van der Waals surface area contributed by atoms with Crippen molar-refractivity contribution in [3.8, 4) is 0 Å². The summed E-state index contributed by atoms with van der Waals surface area (Å²) in [6, 6.07) is 0.208. The number of aliphatic hydroxyl groups excluding tert-OH is 1. The van der Waals surface area contributed by atoms with Crippen LogP contribution in [0.4, 0.5) is 5.82 Å². The lowest BCUT2D eigenvalue weighted by Crippen LogP contribution is -2.22. The van der Waals surface area contributed by atoms with Crippen molar-refractivity contribution in [3.63, 3.8) is 0 Å². The summed E-state index contributed by atoms with van der Waals surface area (Å²) >= 11 is 6.13. The molecule has 1 atom stereocenters. The highest BCUT2D eigenvalue weighted by atomic mass is 35.5. The first kappa shape index (κ1) is 15.2. The van der Waals surface area contributed by atoms with Crippen molar-refractivity contribution in [3.05, 3.63) is 16.5 Å². The molecule has 0 amide bonds. The van der Waals surface area contributed by atoms with Crippen molar-refractivity contribution in [1.29, 1.82) is 0 Å². The van der Waals surface area contributed by atoms with Crippen molar-refractivity contribution in [2.75, 3.05) is 11.9 Å². The molecule has 1 rings (SSSR count). The fourth-order valence-electron chi connectivity index (χ4n) is 1.63. The minimum absolute atomic E-state index is 0.167. The topological polar surface area (TPSA) is 58.0 Å². The lowest BCUT2D eigenvalue weighted by Gasteiger charge is -2.19. The van der Waals surface area contributed by atoms with Gasteiger partial charge >= 0.3 is 0 Å². The van der Waals surface area contributed by atoms with E-state index in [9.17, 15) is 0 Å². The number of nitrogens with one attached hydrogen (secondary N) is 1. The van der Waals surface area contributed by atoms with Crippen LogP contribution in [0.25, 0.3) is 0 Å². The maximum Gasteiger partial charge on any atom is 0.137 e. The highest BCUT2D eigenvalue weighted by Gasteiger charge is 2.14. The minimum Gasteiger partial charge on any atom is -0.396 e. The van der Waals surface area contributed by atoms with Gasteiger partial charge in [0.2, 0.25) is 0 Å². The van der Waals surface area contributed by atoms with Crippen LogP contribution >= 0.6 is 11.6 Å². The van der Waals surface area contributed by atoms with E-state index >= 15 is 0 Å². The van der Waals surface area contributed by atoms with Crippen LogP contribution in [-0.4, -0.2) is 27.7 Å². The maximum atomic E-state index is 9.01. The highest BCUT2D eigenvalue weighted by molar-refractivity contribution is 6.30. The van der Waals surface area contributed by atoms with Gasteiger partial charge in [0.05, 0.1) is 0 Å². The Balaban J connectivity index is 2.99. The lowest BCUT2D eigenvalue weighted by atomic mass is 10.1. The quantitative estimate of drug-likeness (QED) is 0.781. The first-order valence-corrected chi connectivity index (χ1v) is 6.78. The number of aromatic nitrogens is 2. The van der Waals surface area contributed by atoms with Crippen LogP contribution in [0.15, 0.2) is 0 Å². The average molecular weight is 272 g/mol. The third kappa shape index (κ3) is 3.82. The molecule has 0 bridgehead atoms. The normalized spacial score (nSPS) is 12.8. The monoisotopic (exact) mass is 271 g/mol. The van der Waals surface area contributed by atoms with E-state index in [0.717, 1.165) is 23.6 Å². The van der Waals surface area contributed by atoms with Gasteiger partial charge in [-0.25, -0.2) is 9.97 Å². The van der Waals surface area contributed by atoms with Gasteiger partial charge < -0.3 is 10.4 Å². The molecule has 2 N–H and O–H groups in total. The van der Waals surface area contributed by atoms with Crippen LogP contribution in [0.3, 0.4) is 0 Å². The zero-order valence-electron chi connectivity index (χ0n) is 11.5. The molecular weight excluding hydrogens is 250 g/mol. The van der Waals surface area contributed by atoms with Crippen molar-refractivity contribution < 1.29 is 5.11 Å². The molecule has 1 aromatic heterocycles. The molecule has 4 nitrogen and oxygen atoms in total. The first-order chi connectivity index (χ1) is 8.49. The van der Waals surface area contributed by atoms with E-state index in [4.69, 9.17) is 16.7 Å². The molecule has 0 aliphatic rings. The zero-order valence-corrected chi connectivity index (χ0v) is 12.3. The van der Waals surface area contributed by atoms with Crippen LogP contribution in [0.5, 0.6) is 0 Å². The molecule has 0 fully saturated rings. The third-order valence-electron chi connectivity index (χ3n) is 2.93. The number of hydrogen-bond donors (Lipinski definition) is 2. The number of nitrogens with zero attached hydrogens (tertiary/aromatic N) is 2. The second-order valence-corrected chi connectivity index (χ2v) is 5.12. The average Bonchev–Trinajstić information content (AvgIpc) is 2.33. The third-order valence-corrected chi connectivity index (χ3v) is 3.30. The first-order valence-electron chi connectivity index (χ1n) is 6.41. The summed E-state index contributed by atoms with van der Waals surface area (Å²) in [6.45, 7) is 8.22. The number of aliphatic hydroxyl groups is 1. The Morgan fingerprint density at radius 3 is 2.50 bits per heavy atom. The molecule has 0 radical (unpaired) electrons. The summed E-state index contributed by atoms with van der Waals surface area (Å²) in [5, 5.41) is 12.8. The second-order valence-electron chi connectivity index (χ2n) is 4.76. The van der Waals surface area contributed by atoms with Crippen molar-refractivity contribution >= 4 is 17.4 Å². The smallest absolute Gasteiger partial charge is 0.137 e. The van der Waals surface area contributed by atoms with Crippen molar-refractivity contribution in [2.45, 2.75) is 52.5 Å². The predicted octanol–water partition coefficient (Wildman–Crippen LogP) is 3.13. The summed E-state index contributed by atoms with van der Waals surface area (Å²) < 4.78 is 0. The lowest BCUT2D eigenvalue weighted by molar-refractivity contribution is 0.278. The van der Waals surface area contributed by atoms with Gasteiger partial charge in [-0.2, -0.15) is 0 Å². The Hall–Kier alpha value is -0.870. The maximum absolute atomic E-state index is 9.01. The van der Waals surface area contributed by atoms with E-state index < -0.39 is 0 Å². The SMILES string of the molecule is CCC(CCO)Nc1nc(C(C)C)nc(Cl)c1C. The van der Waals surface area contributed by atoms with Crippen LogP contribution < -0.4 is 5.32 Å². The van der Waals surface area contributed by atoms with Gasteiger partial charge in [0.15, 0.2) is 0 Å². The van der Waals surface area contributed by atoms with Gasteiger partial charge in [-0.3, -0.25) is 0 Å². The molecule has 0 aliphatic heterocycles. The second kappa shape index (κ2) is 6.90. The molecule has 5 heteroatoms. The van der Waals surface area contributed by atoms with Gasteiger partial charge in [0.25, 0.3) is 0 Å². The minimum atomic E-state index is 0.167. The molecule has 18 heavy (non-hydrogen) atoms.